The molecule has 0 atom stereocenters. The molecule has 0 unspecified atom stereocenters. The first kappa shape index (κ1) is 11.1. The molecule has 0 aliphatic carbocycles. The Morgan fingerprint density at radius 2 is 2.07 bits per heavy atom. The number of nitrogens with one attached hydrogen (secondary N) is 1. The highest BCUT2D eigenvalue weighted by molar-refractivity contribution is 6.36. The number of rotatable bonds is 2. The number of amides is 1. The van der Waals surface area contributed by atoms with Crippen LogP contribution in [0.3, 0.4) is 0 Å². The maximum Gasteiger partial charge on any atom is 0.221 e. The van der Waals surface area contributed by atoms with Crippen molar-refractivity contribution in [3.05, 3.63) is 22.2 Å². The second-order valence-corrected chi connectivity index (χ2v) is 3.49. The molecule has 0 saturated carbocycles. The molecule has 1 amide bonds. The number of benzene rings is 1. The van der Waals surface area contributed by atoms with Crippen LogP contribution in [0.25, 0.3) is 0 Å². The Bertz CT molecular complexity index is 366. The van der Waals surface area contributed by atoms with Gasteiger partial charge in [0.05, 0.1) is 17.8 Å². The number of halogens is 2. The summed E-state index contributed by atoms with van der Waals surface area (Å²) >= 11 is 11.6. The summed E-state index contributed by atoms with van der Waals surface area (Å²) < 4.78 is 5.03. The van der Waals surface area contributed by atoms with E-state index in [4.69, 9.17) is 27.9 Å². The van der Waals surface area contributed by atoms with Crippen molar-refractivity contribution in [2.75, 3.05) is 12.4 Å². The standard InChI is InChI=1S/C9H9Cl2NO2/c1-5(13)12-8-4-6(10)3-7(11)9(8)14-2/h3-4H,1-2H3,(H,12,13). The predicted molar refractivity (Wildman–Crippen MR) is 57.3 cm³/mol. The molecular formula is C9H9Cl2NO2. The SMILES string of the molecule is COc1c(Cl)cc(Cl)cc1NC(C)=O. The molecule has 0 aromatic heterocycles. The molecule has 76 valence electrons. The van der Waals surface area contributed by atoms with Gasteiger partial charge in [0.2, 0.25) is 5.91 Å². The zero-order chi connectivity index (χ0) is 10.7. The van der Waals surface area contributed by atoms with Crippen LogP contribution in [0.5, 0.6) is 5.75 Å². The average Bonchev–Trinajstić information content (AvgIpc) is 2.01. The van der Waals surface area contributed by atoms with Crippen molar-refractivity contribution < 1.29 is 9.53 Å². The molecule has 0 fully saturated rings. The van der Waals surface area contributed by atoms with Crippen molar-refractivity contribution in [3.8, 4) is 5.75 Å². The van der Waals surface area contributed by atoms with Crippen molar-refractivity contribution >= 4 is 34.8 Å². The summed E-state index contributed by atoms with van der Waals surface area (Å²) in [6.45, 7) is 1.40. The molecule has 0 spiro atoms. The number of carbonyl (C=O) groups is 1. The van der Waals surface area contributed by atoms with Crippen molar-refractivity contribution in [1.29, 1.82) is 0 Å². The van der Waals surface area contributed by atoms with Crippen molar-refractivity contribution in [3.63, 3.8) is 0 Å². The quantitative estimate of drug-likeness (QED) is 0.854. The minimum atomic E-state index is -0.207. The summed E-state index contributed by atoms with van der Waals surface area (Å²) in [7, 11) is 1.47. The normalized spacial score (nSPS) is 9.71. The van der Waals surface area contributed by atoms with Gasteiger partial charge in [0.25, 0.3) is 0 Å². The topological polar surface area (TPSA) is 38.3 Å². The van der Waals surface area contributed by atoms with Crippen LogP contribution in [0.15, 0.2) is 12.1 Å². The molecular weight excluding hydrogens is 225 g/mol. The first-order valence-electron chi connectivity index (χ1n) is 3.85. The van der Waals surface area contributed by atoms with Crippen LogP contribution in [0.1, 0.15) is 6.92 Å². The molecule has 1 N–H and O–H groups in total. The predicted octanol–water partition coefficient (Wildman–Crippen LogP) is 2.96. The molecule has 0 heterocycles. The van der Waals surface area contributed by atoms with Crippen LogP contribution in [0.4, 0.5) is 5.69 Å². The highest BCUT2D eigenvalue weighted by atomic mass is 35.5. The maximum absolute atomic E-state index is 10.9. The van der Waals surface area contributed by atoms with Gasteiger partial charge >= 0.3 is 0 Å². The number of hydrogen-bond donors (Lipinski definition) is 1. The number of carbonyl (C=O) groups excluding carboxylic acids is 1. The first-order chi connectivity index (χ1) is 6.54. The monoisotopic (exact) mass is 233 g/mol. The van der Waals surface area contributed by atoms with Crippen LogP contribution >= 0.6 is 23.2 Å². The highest BCUT2D eigenvalue weighted by Gasteiger charge is 2.10. The Morgan fingerprint density at radius 1 is 1.43 bits per heavy atom. The fraction of sp³-hybridized carbons (Fsp3) is 0.222. The van der Waals surface area contributed by atoms with Gasteiger partial charge in [0.1, 0.15) is 0 Å². The summed E-state index contributed by atoms with van der Waals surface area (Å²) in [6.07, 6.45) is 0. The van der Waals surface area contributed by atoms with Gasteiger partial charge in [-0.2, -0.15) is 0 Å². The smallest absolute Gasteiger partial charge is 0.221 e. The van der Waals surface area contributed by atoms with Crippen LogP contribution in [0.2, 0.25) is 10.0 Å². The van der Waals surface area contributed by atoms with Gasteiger partial charge in [-0.25, -0.2) is 0 Å². The third-order valence-corrected chi connectivity index (χ3v) is 2.02. The third kappa shape index (κ3) is 2.53. The van der Waals surface area contributed by atoms with E-state index in [-0.39, 0.29) is 5.91 Å². The van der Waals surface area contributed by atoms with Crippen LogP contribution in [0, 0.1) is 0 Å². The summed E-state index contributed by atoms with van der Waals surface area (Å²) in [5, 5.41) is 3.38. The molecule has 0 saturated heterocycles. The van der Waals surface area contributed by atoms with Gasteiger partial charge in [-0.3, -0.25) is 4.79 Å². The molecule has 1 rings (SSSR count). The summed E-state index contributed by atoms with van der Waals surface area (Å²) in [5.74, 6) is 0.202. The van der Waals surface area contributed by atoms with E-state index in [0.717, 1.165) is 0 Å². The van der Waals surface area contributed by atoms with E-state index in [1.54, 1.807) is 12.1 Å². The van der Waals surface area contributed by atoms with Crippen LogP contribution < -0.4 is 10.1 Å². The van der Waals surface area contributed by atoms with Crippen molar-refractivity contribution in [1.82, 2.24) is 0 Å². The zero-order valence-electron chi connectivity index (χ0n) is 7.73. The van der Waals surface area contributed by atoms with Gasteiger partial charge < -0.3 is 10.1 Å². The van der Waals surface area contributed by atoms with Gasteiger partial charge in [-0.15, -0.1) is 0 Å². The van der Waals surface area contributed by atoms with E-state index >= 15 is 0 Å². The Balaban J connectivity index is 3.17. The van der Waals surface area contributed by atoms with Gasteiger partial charge in [-0.1, -0.05) is 23.2 Å². The first-order valence-corrected chi connectivity index (χ1v) is 4.61. The summed E-state index contributed by atoms with van der Waals surface area (Å²) in [5.41, 5.74) is 0.470. The second-order valence-electron chi connectivity index (χ2n) is 2.65. The van der Waals surface area contributed by atoms with Gasteiger partial charge in [-0.05, 0) is 12.1 Å². The van der Waals surface area contributed by atoms with E-state index in [1.807, 2.05) is 0 Å². The third-order valence-electron chi connectivity index (χ3n) is 1.52. The molecule has 0 aliphatic rings. The lowest BCUT2D eigenvalue weighted by Crippen LogP contribution is -2.07. The minimum absolute atomic E-state index is 0.207. The minimum Gasteiger partial charge on any atom is -0.493 e. The molecule has 1 aromatic rings. The maximum atomic E-state index is 10.9. The number of methoxy groups -OCH3 is 1. The lowest BCUT2D eigenvalue weighted by molar-refractivity contribution is -0.114. The van der Waals surface area contributed by atoms with Crippen molar-refractivity contribution in [2.24, 2.45) is 0 Å². The van der Waals surface area contributed by atoms with Gasteiger partial charge in [0.15, 0.2) is 5.75 Å². The fourth-order valence-electron chi connectivity index (χ4n) is 1.05. The summed E-state index contributed by atoms with van der Waals surface area (Å²) in [4.78, 5) is 10.9. The molecule has 0 aliphatic heterocycles. The van der Waals surface area contributed by atoms with E-state index in [2.05, 4.69) is 5.32 Å². The Morgan fingerprint density at radius 3 is 2.57 bits per heavy atom. The Hall–Kier alpha value is -0.930. The Kier molecular flexibility index (Phi) is 3.61. The molecule has 14 heavy (non-hydrogen) atoms. The van der Waals surface area contributed by atoms with Crippen molar-refractivity contribution in [2.45, 2.75) is 6.92 Å². The molecule has 0 bridgehead atoms. The summed E-state index contributed by atoms with van der Waals surface area (Å²) in [6, 6.07) is 3.13. The molecule has 3 nitrogen and oxygen atoms in total. The molecule has 0 radical (unpaired) electrons. The van der Waals surface area contributed by atoms with E-state index in [9.17, 15) is 4.79 Å². The van der Waals surface area contributed by atoms with E-state index in [0.29, 0.717) is 21.5 Å². The highest BCUT2D eigenvalue weighted by Crippen LogP contribution is 2.35. The Labute approximate surface area is 92.0 Å². The molecule has 5 heteroatoms. The van der Waals surface area contributed by atoms with Crippen LogP contribution in [-0.2, 0) is 4.79 Å². The van der Waals surface area contributed by atoms with Gasteiger partial charge in [0, 0.05) is 11.9 Å². The lowest BCUT2D eigenvalue weighted by atomic mass is 10.3. The fourth-order valence-corrected chi connectivity index (χ4v) is 1.62. The lowest BCUT2D eigenvalue weighted by Gasteiger charge is -2.10. The van der Waals surface area contributed by atoms with E-state index in [1.165, 1.54) is 14.0 Å². The number of ether oxygens (including phenoxy) is 1. The number of hydrogen-bond acceptors (Lipinski definition) is 2. The molecule has 1 aromatic carbocycles. The number of anilines is 1. The average molecular weight is 234 g/mol. The second kappa shape index (κ2) is 4.53. The zero-order valence-corrected chi connectivity index (χ0v) is 9.24. The largest absolute Gasteiger partial charge is 0.493 e. The van der Waals surface area contributed by atoms with Crippen LogP contribution in [-0.4, -0.2) is 13.0 Å². The van der Waals surface area contributed by atoms with E-state index < -0.39 is 0 Å².